The minimum atomic E-state index is 0.347. The van der Waals surface area contributed by atoms with E-state index in [0.717, 1.165) is 15.6 Å². The third kappa shape index (κ3) is 1.66. The number of hydrogen-bond donors (Lipinski definition) is 0. The van der Waals surface area contributed by atoms with Crippen LogP contribution in [0.2, 0.25) is 0 Å². The summed E-state index contributed by atoms with van der Waals surface area (Å²) < 4.78 is 7.33. The van der Waals surface area contributed by atoms with Crippen molar-refractivity contribution in [2.24, 2.45) is 0 Å². The second kappa shape index (κ2) is 2.88. The molecule has 0 aromatic heterocycles. The Morgan fingerprint density at radius 2 is 2.00 bits per heavy atom. The highest BCUT2D eigenvalue weighted by molar-refractivity contribution is 9.13. The number of hydrogen-bond acceptors (Lipinski definition) is 1. The highest BCUT2D eigenvalue weighted by Gasteiger charge is 2.24. The molecule has 1 aromatic carbocycles. The van der Waals surface area contributed by atoms with Crippen LogP contribution in [0.25, 0.3) is 0 Å². The Bertz CT molecular complexity index is 281. The molecule has 2 rings (SSSR count). The van der Waals surface area contributed by atoms with Crippen molar-refractivity contribution in [2.75, 3.05) is 6.61 Å². The number of benzene rings is 1. The third-order valence-corrected chi connectivity index (χ3v) is 3.53. The van der Waals surface area contributed by atoms with E-state index in [1.807, 2.05) is 6.07 Å². The Hall–Kier alpha value is 0.140. The first kappa shape index (κ1) is 7.77. The van der Waals surface area contributed by atoms with Crippen LogP contribution in [0.3, 0.4) is 0 Å². The maximum Gasteiger partial charge on any atom is 0.106 e. The molecule has 11 heavy (non-hydrogen) atoms. The number of rotatable bonds is 1. The molecule has 1 saturated heterocycles. The van der Waals surface area contributed by atoms with E-state index in [-0.39, 0.29) is 0 Å². The van der Waals surface area contributed by atoms with E-state index < -0.39 is 0 Å². The molecule has 0 spiro atoms. The van der Waals surface area contributed by atoms with Gasteiger partial charge in [-0.15, -0.1) is 0 Å². The van der Waals surface area contributed by atoms with E-state index in [2.05, 4.69) is 44.0 Å². The smallest absolute Gasteiger partial charge is 0.106 e. The minimum Gasteiger partial charge on any atom is -0.368 e. The van der Waals surface area contributed by atoms with Crippen molar-refractivity contribution in [3.63, 3.8) is 0 Å². The summed E-state index contributed by atoms with van der Waals surface area (Å²) in [6, 6.07) is 6.19. The standard InChI is InChI=1S/C8H6Br2O/c9-6-2-1-5(3-7(6)10)8-4-11-8/h1-3,8H,4H2/t8-/m1/s1. The lowest BCUT2D eigenvalue weighted by molar-refractivity contribution is 0.415. The van der Waals surface area contributed by atoms with Gasteiger partial charge in [-0.2, -0.15) is 0 Å². The van der Waals surface area contributed by atoms with E-state index in [1.54, 1.807) is 0 Å². The molecule has 1 nitrogen and oxygen atoms in total. The maximum absolute atomic E-state index is 5.15. The lowest BCUT2D eigenvalue weighted by Crippen LogP contribution is -1.79. The van der Waals surface area contributed by atoms with Gasteiger partial charge in [0.2, 0.25) is 0 Å². The highest BCUT2D eigenvalue weighted by atomic mass is 79.9. The largest absolute Gasteiger partial charge is 0.368 e. The summed E-state index contributed by atoms with van der Waals surface area (Å²) in [7, 11) is 0. The summed E-state index contributed by atoms with van der Waals surface area (Å²) in [5.41, 5.74) is 1.25. The first-order valence-corrected chi connectivity index (χ1v) is 4.92. The number of halogens is 2. The minimum absolute atomic E-state index is 0.347. The monoisotopic (exact) mass is 276 g/mol. The Morgan fingerprint density at radius 1 is 1.27 bits per heavy atom. The molecule has 0 unspecified atom stereocenters. The van der Waals surface area contributed by atoms with E-state index in [0.29, 0.717) is 6.10 Å². The second-order valence-corrected chi connectivity index (χ2v) is 4.20. The third-order valence-electron chi connectivity index (χ3n) is 1.65. The highest BCUT2D eigenvalue weighted by Crippen LogP contribution is 2.33. The summed E-state index contributed by atoms with van der Waals surface area (Å²) in [6.45, 7) is 0.869. The lowest BCUT2D eigenvalue weighted by Gasteiger charge is -1.98. The van der Waals surface area contributed by atoms with Gasteiger partial charge in [-0.1, -0.05) is 6.07 Å². The summed E-state index contributed by atoms with van der Waals surface area (Å²) in [4.78, 5) is 0. The first-order valence-electron chi connectivity index (χ1n) is 3.34. The fourth-order valence-electron chi connectivity index (χ4n) is 0.953. The Balaban J connectivity index is 2.36. The average Bonchev–Trinajstić information content (AvgIpc) is 2.77. The molecule has 1 aliphatic heterocycles. The molecule has 0 amide bonds. The van der Waals surface area contributed by atoms with Crippen LogP contribution in [0.4, 0.5) is 0 Å². The van der Waals surface area contributed by atoms with Gasteiger partial charge in [0.15, 0.2) is 0 Å². The number of ether oxygens (including phenoxy) is 1. The van der Waals surface area contributed by atoms with Crippen molar-refractivity contribution in [3.05, 3.63) is 32.7 Å². The van der Waals surface area contributed by atoms with Gasteiger partial charge in [0, 0.05) is 8.95 Å². The summed E-state index contributed by atoms with van der Waals surface area (Å²) in [5, 5.41) is 0. The van der Waals surface area contributed by atoms with Crippen LogP contribution in [-0.2, 0) is 4.74 Å². The zero-order valence-electron chi connectivity index (χ0n) is 5.68. The zero-order chi connectivity index (χ0) is 7.84. The van der Waals surface area contributed by atoms with Crippen molar-refractivity contribution in [2.45, 2.75) is 6.10 Å². The van der Waals surface area contributed by atoms with Gasteiger partial charge in [-0.05, 0) is 49.6 Å². The summed E-state index contributed by atoms with van der Waals surface area (Å²) >= 11 is 6.85. The lowest BCUT2D eigenvalue weighted by atomic mass is 10.2. The van der Waals surface area contributed by atoms with E-state index >= 15 is 0 Å². The van der Waals surface area contributed by atoms with Crippen LogP contribution >= 0.6 is 31.9 Å². The van der Waals surface area contributed by atoms with Gasteiger partial charge in [0.25, 0.3) is 0 Å². The topological polar surface area (TPSA) is 12.5 Å². The van der Waals surface area contributed by atoms with Crippen LogP contribution in [0.5, 0.6) is 0 Å². The van der Waals surface area contributed by atoms with Gasteiger partial charge >= 0.3 is 0 Å². The Labute approximate surface area is 82.0 Å². The zero-order valence-corrected chi connectivity index (χ0v) is 8.85. The quantitative estimate of drug-likeness (QED) is 0.718. The summed E-state index contributed by atoms with van der Waals surface area (Å²) in [5.74, 6) is 0. The average molecular weight is 278 g/mol. The maximum atomic E-state index is 5.15. The van der Waals surface area contributed by atoms with Crippen molar-refractivity contribution < 1.29 is 4.74 Å². The predicted molar refractivity (Wildman–Crippen MR) is 50.5 cm³/mol. The molecule has 1 atom stereocenters. The van der Waals surface area contributed by atoms with E-state index in [4.69, 9.17) is 4.74 Å². The first-order chi connectivity index (χ1) is 5.27. The molecule has 1 aromatic rings. The molecular weight excluding hydrogens is 272 g/mol. The molecular formula is C8H6Br2O. The molecule has 0 aliphatic carbocycles. The molecule has 1 heterocycles. The number of epoxide rings is 1. The fraction of sp³-hybridized carbons (Fsp3) is 0.250. The molecule has 0 N–H and O–H groups in total. The van der Waals surface area contributed by atoms with Gasteiger partial charge < -0.3 is 4.74 Å². The molecule has 1 aliphatic rings. The van der Waals surface area contributed by atoms with Crippen molar-refractivity contribution in [1.29, 1.82) is 0 Å². The van der Waals surface area contributed by atoms with Gasteiger partial charge in [0.1, 0.15) is 6.10 Å². The van der Waals surface area contributed by atoms with Crippen LogP contribution in [0.15, 0.2) is 27.1 Å². The van der Waals surface area contributed by atoms with Crippen LogP contribution in [0, 0.1) is 0 Å². The normalized spacial score (nSPS) is 21.8. The van der Waals surface area contributed by atoms with Crippen molar-refractivity contribution >= 4 is 31.9 Å². The van der Waals surface area contributed by atoms with Gasteiger partial charge in [-0.25, -0.2) is 0 Å². The van der Waals surface area contributed by atoms with Crippen LogP contribution < -0.4 is 0 Å². The second-order valence-electron chi connectivity index (χ2n) is 2.50. The molecule has 1 fully saturated rings. The molecule has 0 bridgehead atoms. The van der Waals surface area contributed by atoms with Gasteiger partial charge in [0.05, 0.1) is 6.61 Å². The molecule has 0 radical (unpaired) electrons. The Morgan fingerprint density at radius 3 is 2.55 bits per heavy atom. The Kier molecular flexibility index (Phi) is 2.04. The van der Waals surface area contributed by atoms with E-state index in [1.165, 1.54) is 5.56 Å². The summed E-state index contributed by atoms with van der Waals surface area (Å²) in [6.07, 6.45) is 0.347. The predicted octanol–water partition coefficient (Wildman–Crippen LogP) is 3.28. The fourth-order valence-corrected chi connectivity index (χ4v) is 1.60. The molecule has 0 saturated carbocycles. The SMILES string of the molecule is Brc1ccc([C@H]2CO2)cc1Br. The van der Waals surface area contributed by atoms with Crippen LogP contribution in [-0.4, -0.2) is 6.61 Å². The van der Waals surface area contributed by atoms with Crippen molar-refractivity contribution in [3.8, 4) is 0 Å². The van der Waals surface area contributed by atoms with E-state index in [9.17, 15) is 0 Å². The van der Waals surface area contributed by atoms with Crippen molar-refractivity contribution in [1.82, 2.24) is 0 Å². The molecule has 58 valence electrons. The van der Waals surface area contributed by atoms with Gasteiger partial charge in [-0.3, -0.25) is 0 Å². The van der Waals surface area contributed by atoms with Crippen LogP contribution in [0.1, 0.15) is 11.7 Å². The molecule has 3 heteroatoms.